The monoisotopic (exact) mass is 398 g/mol. The minimum atomic E-state index is -1.00. The van der Waals surface area contributed by atoms with E-state index in [0.717, 1.165) is 12.1 Å². The molecule has 146 valence electrons. The van der Waals surface area contributed by atoms with Crippen molar-refractivity contribution in [2.24, 2.45) is 5.92 Å². The van der Waals surface area contributed by atoms with Crippen molar-refractivity contribution in [2.75, 3.05) is 26.3 Å². The van der Waals surface area contributed by atoms with E-state index >= 15 is 0 Å². The highest BCUT2D eigenvalue weighted by atomic mass is 35.5. The van der Waals surface area contributed by atoms with Crippen molar-refractivity contribution in [2.45, 2.75) is 19.8 Å². The third kappa shape index (κ3) is 5.40. The number of rotatable bonds is 6. The molecule has 1 heterocycles. The highest BCUT2D eigenvalue weighted by molar-refractivity contribution is 6.31. The number of piperidine rings is 1. The normalized spacial score (nSPS) is 14.5. The number of hydrogen-bond donors (Lipinski definition) is 0. The van der Waals surface area contributed by atoms with Crippen molar-refractivity contribution in [1.82, 2.24) is 4.90 Å². The van der Waals surface area contributed by atoms with Crippen LogP contribution in [0.15, 0.2) is 18.2 Å². The molecule has 0 atom stereocenters. The van der Waals surface area contributed by atoms with Gasteiger partial charge < -0.3 is 14.4 Å². The summed E-state index contributed by atoms with van der Waals surface area (Å²) in [5, 5.41) is 11.1. The second kappa shape index (κ2) is 9.31. The van der Waals surface area contributed by atoms with Crippen molar-refractivity contribution >= 4 is 35.1 Å². The first-order valence-electron chi connectivity index (χ1n) is 8.39. The van der Waals surface area contributed by atoms with E-state index in [0.29, 0.717) is 32.5 Å². The molecule has 2 rings (SSSR count). The van der Waals surface area contributed by atoms with Crippen LogP contribution in [0, 0.1) is 16.0 Å². The largest absolute Gasteiger partial charge is 0.466 e. The third-order valence-corrected chi connectivity index (χ3v) is 4.40. The van der Waals surface area contributed by atoms with E-state index in [9.17, 15) is 24.5 Å². The lowest BCUT2D eigenvalue weighted by Gasteiger charge is -2.30. The number of amides is 1. The lowest BCUT2D eigenvalue weighted by Crippen LogP contribution is -2.42. The van der Waals surface area contributed by atoms with Crippen LogP contribution in [0.25, 0.3) is 0 Å². The van der Waals surface area contributed by atoms with Gasteiger partial charge in [0, 0.05) is 24.2 Å². The Morgan fingerprint density at radius 1 is 1.26 bits per heavy atom. The lowest BCUT2D eigenvalue weighted by molar-refractivity contribution is -0.385. The van der Waals surface area contributed by atoms with E-state index in [2.05, 4.69) is 0 Å². The van der Waals surface area contributed by atoms with Gasteiger partial charge >= 0.3 is 11.9 Å². The predicted molar refractivity (Wildman–Crippen MR) is 94.3 cm³/mol. The number of benzene rings is 1. The fourth-order valence-electron chi connectivity index (χ4n) is 2.75. The molecule has 1 amide bonds. The van der Waals surface area contributed by atoms with Gasteiger partial charge in [0.2, 0.25) is 0 Å². The maximum absolute atomic E-state index is 12.2. The maximum atomic E-state index is 12.2. The zero-order valence-corrected chi connectivity index (χ0v) is 15.4. The molecule has 0 N–H and O–H groups in total. The molecule has 0 bridgehead atoms. The van der Waals surface area contributed by atoms with Gasteiger partial charge in [0.05, 0.1) is 17.4 Å². The lowest BCUT2D eigenvalue weighted by atomic mass is 9.97. The second-order valence-corrected chi connectivity index (χ2v) is 6.34. The molecule has 1 aliphatic rings. The summed E-state index contributed by atoms with van der Waals surface area (Å²) in [7, 11) is 0. The van der Waals surface area contributed by atoms with Gasteiger partial charge in [-0.15, -0.1) is 0 Å². The van der Waals surface area contributed by atoms with E-state index in [4.69, 9.17) is 21.1 Å². The molecule has 0 radical (unpaired) electrons. The fraction of sp³-hybridized carbons (Fsp3) is 0.471. The Balaban J connectivity index is 1.89. The smallest absolute Gasteiger partial charge is 0.345 e. The molecule has 1 fully saturated rings. The van der Waals surface area contributed by atoms with Crippen LogP contribution in [0.4, 0.5) is 5.69 Å². The third-order valence-electron chi connectivity index (χ3n) is 4.17. The number of halogens is 1. The fourth-order valence-corrected chi connectivity index (χ4v) is 2.92. The number of ether oxygens (including phenoxy) is 2. The molecule has 1 aliphatic heterocycles. The molecule has 27 heavy (non-hydrogen) atoms. The number of hydrogen-bond acceptors (Lipinski definition) is 7. The van der Waals surface area contributed by atoms with Crippen molar-refractivity contribution in [3.63, 3.8) is 0 Å². The highest BCUT2D eigenvalue weighted by Crippen LogP contribution is 2.24. The molecule has 0 aliphatic carbocycles. The Morgan fingerprint density at radius 2 is 1.93 bits per heavy atom. The summed E-state index contributed by atoms with van der Waals surface area (Å²) in [6.07, 6.45) is 0.941. The molecule has 0 unspecified atom stereocenters. The first kappa shape index (κ1) is 20.6. The Kier molecular flexibility index (Phi) is 7.12. The van der Waals surface area contributed by atoms with E-state index < -0.39 is 29.1 Å². The van der Waals surface area contributed by atoms with Gasteiger partial charge in [-0.1, -0.05) is 11.6 Å². The number of nitro benzene ring substituents is 1. The zero-order valence-electron chi connectivity index (χ0n) is 14.7. The first-order chi connectivity index (χ1) is 12.8. The minimum Gasteiger partial charge on any atom is -0.466 e. The average molecular weight is 399 g/mol. The number of nitrogens with zero attached hydrogens (tertiary/aromatic N) is 2. The quantitative estimate of drug-likeness (QED) is 0.409. The van der Waals surface area contributed by atoms with Crippen molar-refractivity contribution < 1.29 is 28.8 Å². The van der Waals surface area contributed by atoms with E-state index in [1.54, 1.807) is 6.92 Å². The highest BCUT2D eigenvalue weighted by Gasteiger charge is 2.29. The van der Waals surface area contributed by atoms with Crippen molar-refractivity contribution in [1.29, 1.82) is 0 Å². The van der Waals surface area contributed by atoms with Gasteiger partial charge in [0.1, 0.15) is 5.56 Å². The molecular weight excluding hydrogens is 380 g/mol. The summed E-state index contributed by atoms with van der Waals surface area (Å²) in [5.74, 6) is -1.95. The van der Waals surface area contributed by atoms with Gasteiger partial charge in [-0.3, -0.25) is 19.7 Å². The van der Waals surface area contributed by atoms with Crippen LogP contribution in [0.2, 0.25) is 5.02 Å². The molecule has 1 aromatic rings. The molecular formula is C17H19ClN2O7. The van der Waals surface area contributed by atoms with Gasteiger partial charge in [-0.25, -0.2) is 4.79 Å². The summed E-state index contributed by atoms with van der Waals surface area (Å²) in [6, 6.07) is 3.51. The zero-order chi connectivity index (χ0) is 20.0. The summed E-state index contributed by atoms with van der Waals surface area (Å²) >= 11 is 5.77. The Labute approximate surface area is 160 Å². The summed E-state index contributed by atoms with van der Waals surface area (Å²) in [5.41, 5.74) is -0.770. The summed E-state index contributed by atoms with van der Waals surface area (Å²) in [4.78, 5) is 47.8. The number of carbonyl (C=O) groups is 3. The van der Waals surface area contributed by atoms with Crippen LogP contribution in [0.1, 0.15) is 30.1 Å². The topological polar surface area (TPSA) is 116 Å². The number of esters is 2. The van der Waals surface area contributed by atoms with Gasteiger partial charge in [0.25, 0.3) is 11.6 Å². The van der Waals surface area contributed by atoms with Crippen LogP contribution in [0.5, 0.6) is 0 Å². The second-order valence-electron chi connectivity index (χ2n) is 5.90. The maximum Gasteiger partial charge on any atom is 0.345 e. The van der Waals surface area contributed by atoms with E-state index in [-0.39, 0.29) is 22.5 Å². The van der Waals surface area contributed by atoms with Crippen LogP contribution >= 0.6 is 11.6 Å². The number of likely N-dealkylation sites (tertiary alicyclic amines) is 1. The summed E-state index contributed by atoms with van der Waals surface area (Å²) < 4.78 is 9.88. The Morgan fingerprint density at radius 3 is 2.52 bits per heavy atom. The Bertz CT molecular complexity index is 745. The molecule has 1 aromatic carbocycles. The molecule has 0 aromatic heterocycles. The van der Waals surface area contributed by atoms with E-state index in [1.807, 2.05) is 0 Å². The van der Waals surface area contributed by atoms with Gasteiger partial charge in [-0.05, 0) is 31.9 Å². The predicted octanol–water partition coefficient (Wildman–Crippen LogP) is 2.21. The van der Waals surface area contributed by atoms with Crippen LogP contribution in [-0.4, -0.2) is 54.0 Å². The number of carbonyl (C=O) groups excluding carboxylic acids is 3. The SMILES string of the molecule is CCOC(=O)C1CCN(C(=O)COC(=O)c2cc(Cl)ccc2[N+](=O)[O-])CC1. The number of nitro groups is 1. The average Bonchev–Trinajstić information content (AvgIpc) is 2.65. The van der Waals surface area contributed by atoms with E-state index in [1.165, 1.54) is 11.0 Å². The minimum absolute atomic E-state index is 0.139. The standard InChI is InChI=1S/C17H19ClN2O7/c1-2-26-16(22)11-5-7-19(8-6-11)15(21)10-27-17(23)13-9-12(18)3-4-14(13)20(24)25/h3-4,9,11H,2,5-8,10H2,1H3. The Hall–Kier alpha value is -2.68. The van der Waals surface area contributed by atoms with Gasteiger partial charge in [-0.2, -0.15) is 0 Å². The van der Waals surface area contributed by atoms with Crippen molar-refractivity contribution in [3.05, 3.63) is 38.9 Å². The van der Waals surface area contributed by atoms with Crippen molar-refractivity contribution in [3.8, 4) is 0 Å². The van der Waals surface area contributed by atoms with Crippen LogP contribution in [0.3, 0.4) is 0 Å². The molecule has 1 saturated heterocycles. The molecule has 0 saturated carbocycles. The van der Waals surface area contributed by atoms with Crippen LogP contribution < -0.4 is 0 Å². The molecule has 0 spiro atoms. The first-order valence-corrected chi connectivity index (χ1v) is 8.76. The van der Waals surface area contributed by atoms with Crippen LogP contribution in [-0.2, 0) is 19.1 Å². The molecule has 9 nitrogen and oxygen atoms in total. The summed E-state index contributed by atoms with van der Waals surface area (Å²) in [6.45, 7) is 2.18. The molecule has 10 heteroatoms. The van der Waals surface area contributed by atoms with Gasteiger partial charge in [0.15, 0.2) is 6.61 Å².